The zero-order valence-electron chi connectivity index (χ0n) is 21.7. The Bertz CT molecular complexity index is 1250. The van der Waals surface area contributed by atoms with Crippen LogP contribution in [0.5, 0.6) is 17.2 Å². The fourth-order valence-electron chi connectivity index (χ4n) is 4.61. The van der Waals surface area contributed by atoms with Gasteiger partial charge in [0.05, 0.1) is 26.9 Å². The first-order chi connectivity index (χ1) is 17.5. The summed E-state index contributed by atoms with van der Waals surface area (Å²) in [4.78, 5) is 19.8. The van der Waals surface area contributed by atoms with E-state index in [0.717, 1.165) is 58.6 Å². The van der Waals surface area contributed by atoms with Crippen LogP contribution in [0.2, 0.25) is 0 Å². The number of hydrogen-bond donors (Lipinski definition) is 1. The molecule has 0 aliphatic heterocycles. The van der Waals surface area contributed by atoms with Gasteiger partial charge in [-0.15, -0.1) is 11.3 Å². The van der Waals surface area contributed by atoms with E-state index in [9.17, 15) is 4.79 Å². The fraction of sp³-hybridized carbons (Fsp3) is 0.379. The van der Waals surface area contributed by atoms with Crippen molar-refractivity contribution < 1.29 is 19.0 Å². The number of aliphatic imine (C=N–C) groups is 1. The number of aryl methyl sites for hydroxylation is 2. The maximum absolute atomic E-state index is 13.7. The number of benzene rings is 2. The second-order valence-corrected chi connectivity index (χ2v) is 10.1. The maximum atomic E-state index is 13.7. The molecule has 4 rings (SSSR count). The zero-order valence-corrected chi connectivity index (χ0v) is 22.5. The van der Waals surface area contributed by atoms with Crippen molar-refractivity contribution in [2.75, 3.05) is 26.6 Å². The number of carbonyl (C=O) groups is 1. The van der Waals surface area contributed by atoms with Gasteiger partial charge in [-0.1, -0.05) is 25.0 Å². The van der Waals surface area contributed by atoms with E-state index < -0.39 is 0 Å². The Hall–Kier alpha value is -3.32. The van der Waals surface area contributed by atoms with Gasteiger partial charge in [-0.05, 0) is 74.4 Å². The third-order valence-electron chi connectivity index (χ3n) is 6.75. The number of carbonyl (C=O) groups excluding carboxylic acids is 1. The first kappa shape index (κ1) is 25.8. The van der Waals surface area contributed by atoms with Crippen LogP contribution in [-0.4, -0.2) is 33.5 Å². The number of anilines is 1. The number of fused-ring (bicyclic) bond motifs is 1. The van der Waals surface area contributed by atoms with Crippen molar-refractivity contribution in [1.82, 2.24) is 0 Å². The summed E-state index contributed by atoms with van der Waals surface area (Å²) in [5, 5.41) is 3.90. The molecule has 1 heterocycles. The quantitative estimate of drug-likeness (QED) is 0.349. The van der Waals surface area contributed by atoms with Gasteiger partial charge >= 0.3 is 0 Å². The molecule has 0 unspecified atom stereocenters. The summed E-state index contributed by atoms with van der Waals surface area (Å²) in [7, 11) is 4.76. The third kappa shape index (κ3) is 5.41. The largest absolute Gasteiger partial charge is 0.493 e. The summed E-state index contributed by atoms with van der Waals surface area (Å²) in [6.45, 7) is 4.09. The number of amides is 1. The number of hydrogen-bond acceptors (Lipinski definition) is 6. The van der Waals surface area contributed by atoms with E-state index >= 15 is 0 Å². The van der Waals surface area contributed by atoms with Gasteiger partial charge in [-0.3, -0.25) is 4.79 Å². The van der Waals surface area contributed by atoms with Crippen molar-refractivity contribution in [3.05, 3.63) is 63.0 Å². The van der Waals surface area contributed by atoms with Gasteiger partial charge in [-0.25, -0.2) is 4.99 Å². The molecule has 1 N–H and O–H groups in total. The predicted molar refractivity (Wildman–Crippen MR) is 147 cm³/mol. The van der Waals surface area contributed by atoms with Gasteiger partial charge in [0.1, 0.15) is 5.00 Å². The van der Waals surface area contributed by atoms with Gasteiger partial charge in [0.25, 0.3) is 5.91 Å². The van der Waals surface area contributed by atoms with Crippen LogP contribution in [0.1, 0.15) is 63.2 Å². The van der Waals surface area contributed by atoms with Crippen LogP contribution < -0.4 is 19.5 Å². The van der Waals surface area contributed by atoms with Crippen LogP contribution in [0.15, 0.2) is 35.3 Å². The molecule has 1 aliphatic rings. The first-order valence-corrected chi connectivity index (χ1v) is 13.1. The molecule has 0 saturated carbocycles. The van der Waals surface area contributed by atoms with Crippen LogP contribution in [0.4, 0.5) is 10.7 Å². The number of nitrogens with zero attached hydrogens (tertiary/aromatic N) is 1. The van der Waals surface area contributed by atoms with Crippen molar-refractivity contribution in [2.24, 2.45) is 4.99 Å². The zero-order chi connectivity index (χ0) is 25.7. The molecule has 6 nitrogen and oxygen atoms in total. The molecule has 190 valence electrons. The van der Waals surface area contributed by atoms with Crippen molar-refractivity contribution >= 4 is 34.1 Å². The average molecular weight is 507 g/mol. The second kappa shape index (κ2) is 11.6. The first-order valence-electron chi connectivity index (χ1n) is 12.3. The van der Waals surface area contributed by atoms with Crippen molar-refractivity contribution in [3.63, 3.8) is 0 Å². The molecule has 0 atom stereocenters. The summed E-state index contributed by atoms with van der Waals surface area (Å²) in [5.74, 6) is 1.55. The highest BCUT2D eigenvalue weighted by Gasteiger charge is 2.24. The number of ether oxygens (including phenoxy) is 3. The third-order valence-corrected chi connectivity index (χ3v) is 7.95. The number of nitrogens with one attached hydrogen (secondary N) is 1. The fourth-order valence-corrected chi connectivity index (χ4v) is 5.84. The van der Waals surface area contributed by atoms with Crippen LogP contribution in [0.25, 0.3) is 0 Å². The Morgan fingerprint density at radius 2 is 1.67 bits per heavy atom. The maximum Gasteiger partial charge on any atom is 0.259 e. The van der Waals surface area contributed by atoms with Gasteiger partial charge < -0.3 is 19.5 Å². The standard InChI is InChI=1S/C29H34N2O4S/c1-18-11-10-13-22(19(18)2)31-28(32)26-21-12-8-6-7-9-14-25(21)36-29(26)30-17-20-15-23(33-3)27(35-5)24(16-20)34-4/h10-11,13,15-17H,6-9,12,14H2,1-5H3,(H,31,32). The summed E-state index contributed by atoms with van der Waals surface area (Å²) in [6.07, 6.45) is 8.30. The summed E-state index contributed by atoms with van der Waals surface area (Å²) in [6, 6.07) is 9.68. The summed E-state index contributed by atoms with van der Waals surface area (Å²) < 4.78 is 16.4. The molecular weight excluding hydrogens is 472 g/mol. The van der Waals surface area contributed by atoms with Crippen molar-refractivity contribution in [1.29, 1.82) is 0 Å². The Balaban J connectivity index is 1.75. The smallest absolute Gasteiger partial charge is 0.259 e. The number of rotatable bonds is 7. The summed E-state index contributed by atoms with van der Waals surface area (Å²) in [5.41, 5.74) is 5.71. The minimum atomic E-state index is -0.0983. The van der Waals surface area contributed by atoms with Crippen molar-refractivity contribution in [2.45, 2.75) is 52.4 Å². The molecule has 0 bridgehead atoms. The molecule has 1 amide bonds. The van der Waals surface area contributed by atoms with Gasteiger partial charge in [0, 0.05) is 22.3 Å². The second-order valence-electron chi connectivity index (χ2n) is 9.02. The van der Waals surface area contributed by atoms with Gasteiger partial charge in [-0.2, -0.15) is 0 Å². The predicted octanol–water partition coefficient (Wildman–Crippen LogP) is 7.05. The van der Waals surface area contributed by atoms with E-state index in [1.54, 1.807) is 38.9 Å². The molecule has 0 saturated heterocycles. The minimum absolute atomic E-state index is 0.0983. The van der Waals surface area contributed by atoms with E-state index in [-0.39, 0.29) is 5.91 Å². The van der Waals surface area contributed by atoms with E-state index in [1.807, 2.05) is 31.2 Å². The summed E-state index contributed by atoms with van der Waals surface area (Å²) >= 11 is 1.63. The monoisotopic (exact) mass is 506 g/mol. The highest BCUT2D eigenvalue weighted by atomic mass is 32.1. The number of thiophene rings is 1. The highest BCUT2D eigenvalue weighted by molar-refractivity contribution is 7.16. The van der Waals surface area contributed by atoms with Crippen LogP contribution in [0.3, 0.4) is 0 Å². The molecule has 1 aliphatic carbocycles. The molecule has 0 fully saturated rings. The lowest BCUT2D eigenvalue weighted by molar-refractivity contribution is 0.102. The molecule has 0 spiro atoms. The average Bonchev–Trinajstić information content (AvgIpc) is 3.20. The van der Waals surface area contributed by atoms with Gasteiger partial charge in [0.15, 0.2) is 11.5 Å². The molecule has 36 heavy (non-hydrogen) atoms. The van der Waals surface area contributed by atoms with E-state index in [2.05, 4.69) is 18.3 Å². The number of methoxy groups -OCH3 is 3. The van der Waals surface area contributed by atoms with Crippen molar-refractivity contribution in [3.8, 4) is 17.2 Å². The molecule has 1 aromatic heterocycles. The molecular formula is C29H34N2O4S. The van der Waals surface area contributed by atoms with Crippen LogP contribution in [-0.2, 0) is 12.8 Å². The molecule has 0 radical (unpaired) electrons. The van der Waals surface area contributed by atoms with E-state index in [4.69, 9.17) is 19.2 Å². The van der Waals surface area contributed by atoms with Crippen LogP contribution >= 0.6 is 11.3 Å². The molecule has 3 aromatic rings. The van der Waals surface area contributed by atoms with Gasteiger partial charge in [0.2, 0.25) is 5.75 Å². The Morgan fingerprint density at radius 3 is 2.33 bits per heavy atom. The lowest BCUT2D eigenvalue weighted by Gasteiger charge is -2.14. The minimum Gasteiger partial charge on any atom is -0.493 e. The normalized spacial score (nSPS) is 13.6. The Kier molecular flexibility index (Phi) is 8.31. The Morgan fingerprint density at radius 1 is 0.972 bits per heavy atom. The highest BCUT2D eigenvalue weighted by Crippen LogP contribution is 2.41. The molecule has 7 heteroatoms. The Labute approximate surface area is 217 Å². The lowest BCUT2D eigenvalue weighted by atomic mass is 9.96. The molecule has 2 aromatic carbocycles. The van der Waals surface area contributed by atoms with E-state index in [1.165, 1.54) is 17.7 Å². The topological polar surface area (TPSA) is 69.2 Å². The SMILES string of the molecule is COc1cc(C=Nc2sc3c(c2C(=O)Nc2cccc(C)c2C)CCCCCC3)cc(OC)c1OC. The lowest BCUT2D eigenvalue weighted by Crippen LogP contribution is -2.15. The van der Waals surface area contributed by atoms with Crippen LogP contribution in [0, 0.1) is 13.8 Å². The van der Waals surface area contributed by atoms with E-state index in [0.29, 0.717) is 22.8 Å².